The molecule has 0 radical (unpaired) electrons. The Morgan fingerprint density at radius 3 is 2.42 bits per heavy atom. The number of aryl methyl sites for hydroxylation is 1. The number of hydrogen-bond donors (Lipinski definition) is 2. The lowest BCUT2D eigenvalue weighted by atomic mass is 10.0. The standard InChI is InChI=1S/C21H28N2O3/c1-4-5-7-16-9-11-17(12-10-16)20(24)23-19(15(2)3)21(25)22-14-18-8-6-13-26-18/h6,8-13,15,19H,4-5,7,14H2,1-3H3,(H,22,25)(H,23,24)/t19-/m0/s1. The highest BCUT2D eigenvalue weighted by atomic mass is 16.3. The Kier molecular flexibility index (Phi) is 7.45. The molecule has 5 nitrogen and oxygen atoms in total. The van der Waals surface area contributed by atoms with Crippen LogP contribution in [0.25, 0.3) is 0 Å². The number of hydrogen-bond acceptors (Lipinski definition) is 3. The average molecular weight is 356 g/mol. The van der Waals surface area contributed by atoms with E-state index in [0.29, 0.717) is 17.9 Å². The minimum absolute atomic E-state index is 0.0284. The van der Waals surface area contributed by atoms with Crippen LogP contribution in [-0.2, 0) is 17.8 Å². The number of unbranched alkanes of at least 4 members (excludes halogenated alkanes) is 1. The Balaban J connectivity index is 1.95. The zero-order valence-electron chi connectivity index (χ0n) is 15.7. The van der Waals surface area contributed by atoms with Gasteiger partial charge in [0, 0.05) is 5.56 Å². The number of carbonyl (C=O) groups is 2. The van der Waals surface area contributed by atoms with E-state index in [0.717, 1.165) is 19.3 Å². The summed E-state index contributed by atoms with van der Waals surface area (Å²) in [6.45, 7) is 6.28. The van der Waals surface area contributed by atoms with Gasteiger partial charge in [-0.15, -0.1) is 0 Å². The van der Waals surface area contributed by atoms with E-state index in [1.165, 1.54) is 5.56 Å². The highest BCUT2D eigenvalue weighted by Gasteiger charge is 2.24. The van der Waals surface area contributed by atoms with E-state index in [9.17, 15) is 9.59 Å². The summed E-state index contributed by atoms with van der Waals surface area (Å²) in [4.78, 5) is 25.0. The fourth-order valence-corrected chi connectivity index (χ4v) is 2.66. The van der Waals surface area contributed by atoms with Crippen molar-refractivity contribution in [3.05, 3.63) is 59.5 Å². The summed E-state index contributed by atoms with van der Waals surface area (Å²) in [6, 6.07) is 10.6. The van der Waals surface area contributed by atoms with Gasteiger partial charge in [-0.05, 0) is 48.6 Å². The number of carbonyl (C=O) groups excluding carboxylic acids is 2. The molecule has 1 aromatic heterocycles. The zero-order valence-corrected chi connectivity index (χ0v) is 15.7. The molecule has 0 fully saturated rings. The van der Waals surface area contributed by atoms with Crippen LogP contribution < -0.4 is 10.6 Å². The fourth-order valence-electron chi connectivity index (χ4n) is 2.66. The van der Waals surface area contributed by atoms with Crippen molar-refractivity contribution < 1.29 is 14.0 Å². The molecule has 2 amide bonds. The van der Waals surface area contributed by atoms with Gasteiger partial charge in [-0.3, -0.25) is 9.59 Å². The van der Waals surface area contributed by atoms with Gasteiger partial charge in [-0.25, -0.2) is 0 Å². The van der Waals surface area contributed by atoms with Crippen LogP contribution in [0.15, 0.2) is 47.1 Å². The molecule has 1 heterocycles. The fraction of sp³-hybridized carbons (Fsp3) is 0.429. The summed E-state index contributed by atoms with van der Waals surface area (Å²) in [5, 5.41) is 5.65. The van der Waals surface area contributed by atoms with Gasteiger partial charge in [-0.2, -0.15) is 0 Å². The van der Waals surface area contributed by atoms with Crippen LogP contribution >= 0.6 is 0 Å². The zero-order chi connectivity index (χ0) is 18.9. The summed E-state index contributed by atoms with van der Waals surface area (Å²) < 4.78 is 5.21. The lowest BCUT2D eigenvalue weighted by Gasteiger charge is -2.21. The highest BCUT2D eigenvalue weighted by molar-refractivity contribution is 5.97. The van der Waals surface area contributed by atoms with Crippen LogP contribution in [0.5, 0.6) is 0 Å². The van der Waals surface area contributed by atoms with Gasteiger partial charge < -0.3 is 15.1 Å². The second kappa shape index (κ2) is 9.80. The Labute approximate surface area is 155 Å². The first-order valence-corrected chi connectivity index (χ1v) is 9.21. The van der Waals surface area contributed by atoms with E-state index < -0.39 is 6.04 Å². The third-order valence-electron chi connectivity index (χ3n) is 4.29. The molecule has 2 rings (SSSR count). The van der Waals surface area contributed by atoms with E-state index in [1.54, 1.807) is 18.4 Å². The number of nitrogens with one attached hydrogen (secondary N) is 2. The topological polar surface area (TPSA) is 71.3 Å². The summed E-state index contributed by atoms with van der Waals surface area (Å²) in [7, 11) is 0. The molecule has 5 heteroatoms. The third kappa shape index (κ3) is 5.76. The summed E-state index contributed by atoms with van der Waals surface area (Å²) >= 11 is 0. The first-order valence-electron chi connectivity index (χ1n) is 9.21. The van der Waals surface area contributed by atoms with Crippen molar-refractivity contribution >= 4 is 11.8 Å². The summed E-state index contributed by atoms with van der Waals surface area (Å²) in [5.74, 6) is 0.192. The third-order valence-corrected chi connectivity index (χ3v) is 4.29. The van der Waals surface area contributed by atoms with E-state index in [-0.39, 0.29) is 17.7 Å². The molecule has 2 aromatic rings. The molecule has 1 aromatic carbocycles. The number of rotatable bonds is 9. The van der Waals surface area contributed by atoms with Gasteiger partial charge in [-0.1, -0.05) is 39.3 Å². The van der Waals surface area contributed by atoms with Gasteiger partial charge in [0.25, 0.3) is 5.91 Å². The second-order valence-electron chi connectivity index (χ2n) is 6.79. The molecule has 26 heavy (non-hydrogen) atoms. The molecule has 0 aliphatic carbocycles. The SMILES string of the molecule is CCCCc1ccc(C(=O)N[C@H](C(=O)NCc2ccco2)C(C)C)cc1. The monoisotopic (exact) mass is 356 g/mol. The first kappa shape index (κ1) is 19.8. The van der Waals surface area contributed by atoms with E-state index in [4.69, 9.17) is 4.42 Å². The predicted molar refractivity (Wildman–Crippen MR) is 102 cm³/mol. The molecule has 0 unspecified atom stereocenters. The molecule has 0 spiro atoms. The van der Waals surface area contributed by atoms with Crippen molar-refractivity contribution in [1.82, 2.24) is 10.6 Å². The molecule has 0 aliphatic rings. The number of amides is 2. The molecule has 1 atom stereocenters. The van der Waals surface area contributed by atoms with E-state index in [2.05, 4.69) is 17.6 Å². The van der Waals surface area contributed by atoms with Crippen molar-refractivity contribution in [3.63, 3.8) is 0 Å². The Bertz CT molecular complexity index is 691. The van der Waals surface area contributed by atoms with Crippen molar-refractivity contribution in [2.45, 2.75) is 52.6 Å². The average Bonchev–Trinajstić information content (AvgIpc) is 3.16. The molecule has 2 N–H and O–H groups in total. The van der Waals surface area contributed by atoms with Crippen LogP contribution in [0.1, 0.15) is 55.3 Å². The van der Waals surface area contributed by atoms with Gasteiger partial charge in [0.2, 0.25) is 5.91 Å². The molecule has 0 saturated heterocycles. The quantitative estimate of drug-likeness (QED) is 0.720. The smallest absolute Gasteiger partial charge is 0.251 e. The van der Waals surface area contributed by atoms with Gasteiger partial charge in [0.1, 0.15) is 11.8 Å². The second-order valence-corrected chi connectivity index (χ2v) is 6.79. The molecular weight excluding hydrogens is 328 g/mol. The first-order chi connectivity index (χ1) is 12.5. The summed E-state index contributed by atoms with van der Waals surface area (Å²) in [5.41, 5.74) is 1.79. The molecule has 0 bridgehead atoms. The van der Waals surface area contributed by atoms with Gasteiger partial charge >= 0.3 is 0 Å². The molecule has 140 valence electrons. The van der Waals surface area contributed by atoms with Crippen LogP contribution in [0.4, 0.5) is 0 Å². The predicted octanol–water partition coefficient (Wildman–Crippen LogP) is 3.69. The van der Waals surface area contributed by atoms with Crippen molar-refractivity contribution in [3.8, 4) is 0 Å². The summed E-state index contributed by atoms with van der Waals surface area (Å²) in [6.07, 6.45) is 4.86. The number of benzene rings is 1. The lowest BCUT2D eigenvalue weighted by Crippen LogP contribution is -2.49. The van der Waals surface area contributed by atoms with Crippen molar-refractivity contribution in [2.75, 3.05) is 0 Å². The largest absolute Gasteiger partial charge is 0.467 e. The van der Waals surface area contributed by atoms with Crippen molar-refractivity contribution in [1.29, 1.82) is 0 Å². The van der Waals surface area contributed by atoms with Crippen LogP contribution in [0.2, 0.25) is 0 Å². The molecule has 0 saturated carbocycles. The normalized spacial score (nSPS) is 12.0. The Morgan fingerprint density at radius 1 is 1.12 bits per heavy atom. The lowest BCUT2D eigenvalue weighted by molar-refractivity contribution is -0.124. The maximum absolute atomic E-state index is 12.5. The van der Waals surface area contributed by atoms with Crippen LogP contribution in [-0.4, -0.2) is 17.9 Å². The maximum atomic E-state index is 12.5. The van der Waals surface area contributed by atoms with Crippen LogP contribution in [0.3, 0.4) is 0 Å². The highest BCUT2D eigenvalue weighted by Crippen LogP contribution is 2.10. The minimum Gasteiger partial charge on any atom is -0.467 e. The Morgan fingerprint density at radius 2 is 1.85 bits per heavy atom. The minimum atomic E-state index is -0.600. The Hall–Kier alpha value is -2.56. The van der Waals surface area contributed by atoms with E-state index >= 15 is 0 Å². The van der Waals surface area contributed by atoms with Crippen LogP contribution in [0, 0.1) is 5.92 Å². The van der Waals surface area contributed by atoms with Gasteiger partial charge in [0.15, 0.2) is 0 Å². The van der Waals surface area contributed by atoms with E-state index in [1.807, 2.05) is 38.1 Å². The maximum Gasteiger partial charge on any atom is 0.251 e. The van der Waals surface area contributed by atoms with Crippen molar-refractivity contribution in [2.24, 2.45) is 5.92 Å². The number of furan rings is 1. The molecular formula is C21H28N2O3. The van der Waals surface area contributed by atoms with Gasteiger partial charge in [0.05, 0.1) is 12.8 Å². The molecule has 0 aliphatic heterocycles.